The second-order valence-electron chi connectivity index (χ2n) is 5.66. The lowest BCUT2D eigenvalue weighted by molar-refractivity contribution is -0.127. The number of hydrogen-bond acceptors (Lipinski definition) is 4. The molecule has 120 valence electrons. The summed E-state index contributed by atoms with van der Waals surface area (Å²) in [6.45, 7) is 1.93. The van der Waals surface area contributed by atoms with Gasteiger partial charge in [0.25, 0.3) is 0 Å². The maximum Gasteiger partial charge on any atom is 0.222 e. The second kappa shape index (κ2) is 6.54. The highest BCUT2D eigenvalue weighted by atomic mass is 35.5. The molecule has 5 nitrogen and oxygen atoms in total. The fourth-order valence-electron chi connectivity index (χ4n) is 2.93. The lowest BCUT2D eigenvalue weighted by Gasteiger charge is -2.20. The summed E-state index contributed by atoms with van der Waals surface area (Å²) in [4.78, 5) is 38.0. The van der Waals surface area contributed by atoms with Crippen molar-refractivity contribution >= 4 is 29.1 Å². The Balaban J connectivity index is 1.63. The molecule has 0 unspecified atom stereocenters. The average Bonchev–Trinajstić information content (AvgIpc) is 2.97. The van der Waals surface area contributed by atoms with Crippen LogP contribution in [-0.2, 0) is 4.79 Å². The average molecular weight is 333 g/mol. The van der Waals surface area contributed by atoms with E-state index in [0.29, 0.717) is 37.1 Å². The molecule has 0 spiro atoms. The van der Waals surface area contributed by atoms with Crippen LogP contribution in [0.1, 0.15) is 40.0 Å². The predicted molar refractivity (Wildman–Crippen MR) is 86.4 cm³/mol. The maximum absolute atomic E-state index is 12.5. The first-order chi connectivity index (χ1) is 11.1. The van der Waals surface area contributed by atoms with Gasteiger partial charge < -0.3 is 10.2 Å². The Morgan fingerprint density at radius 1 is 1.09 bits per heavy atom. The van der Waals surface area contributed by atoms with Gasteiger partial charge in [0, 0.05) is 37.2 Å². The minimum Gasteiger partial charge on any atom is -0.380 e. The van der Waals surface area contributed by atoms with Crippen LogP contribution in [-0.4, -0.2) is 42.0 Å². The van der Waals surface area contributed by atoms with Crippen LogP contribution in [0.5, 0.6) is 0 Å². The second-order valence-corrected chi connectivity index (χ2v) is 6.04. The van der Waals surface area contributed by atoms with Crippen molar-refractivity contribution in [3.05, 3.63) is 46.1 Å². The fourth-order valence-corrected chi connectivity index (χ4v) is 3.18. The van der Waals surface area contributed by atoms with Gasteiger partial charge in [0.2, 0.25) is 17.5 Å². The van der Waals surface area contributed by atoms with Crippen LogP contribution in [0, 0.1) is 0 Å². The number of carbonyl (C=O) groups is 3. The molecule has 1 heterocycles. The molecule has 0 bridgehead atoms. The van der Waals surface area contributed by atoms with E-state index in [1.807, 2.05) is 4.90 Å². The Morgan fingerprint density at radius 3 is 2.43 bits per heavy atom. The van der Waals surface area contributed by atoms with Gasteiger partial charge in [0.05, 0.1) is 0 Å². The van der Waals surface area contributed by atoms with Crippen LogP contribution in [0.15, 0.2) is 35.0 Å². The van der Waals surface area contributed by atoms with Gasteiger partial charge in [0.1, 0.15) is 10.7 Å². The number of fused-ring (bicyclic) bond motifs is 1. The van der Waals surface area contributed by atoms with Crippen LogP contribution in [0.2, 0.25) is 0 Å². The molecular weight excluding hydrogens is 316 g/mol. The molecule has 6 heteroatoms. The van der Waals surface area contributed by atoms with Gasteiger partial charge in [-0.2, -0.15) is 0 Å². The van der Waals surface area contributed by atoms with Crippen molar-refractivity contribution < 1.29 is 14.4 Å². The number of carbonyl (C=O) groups excluding carboxylic acids is 3. The van der Waals surface area contributed by atoms with E-state index in [-0.39, 0.29) is 28.2 Å². The molecule has 0 atom stereocenters. The van der Waals surface area contributed by atoms with E-state index in [0.717, 1.165) is 13.0 Å². The van der Waals surface area contributed by atoms with Crippen LogP contribution in [0.3, 0.4) is 0 Å². The molecule has 3 rings (SSSR count). The van der Waals surface area contributed by atoms with Gasteiger partial charge in [-0.25, -0.2) is 0 Å². The normalized spacial score (nSPS) is 17.8. The number of likely N-dealkylation sites (tertiary alicyclic amines) is 1. The Kier molecular flexibility index (Phi) is 4.48. The fraction of sp³-hybridized carbons (Fsp3) is 0.353. The quantitative estimate of drug-likeness (QED) is 0.839. The van der Waals surface area contributed by atoms with E-state index >= 15 is 0 Å². The van der Waals surface area contributed by atoms with E-state index in [9.17, 15) is 14.4 Å². The zero-order valence-corrected chi connectivity index (χ0v) is 13.4. The number of halogens is 1. The molecule has 1 aliphatic heterocycles. The molecule has 1 fully saturated rings. The molecule has 1 aliphatic carbocycles. The van der Waals surface area contributed by atoms with Crippen molar-refractivity contribution in [2.75, 3.05) is 19.6 Å². The first-order valence-electron chi connectivity index (χ1n) is 7.69. The Labute approximate surface area is 139 Å². The van der Waals surface area contributed by atoms with Crippen LogP contribution < -0.4 is 5.32 Å². The number of nitrogens with zero attached hydrogens (tertiary/aromatic N) is 1. The van der Waals surface area contributed by atoms with Crippen molar-refractivity contribution in [1.29, 1.82) is 0 Å². The first kappa shape index (κ1) is 15.7. The summed E-state index contributed by atoms with van der Waals surface area (Å²) in [5.74, 6) is -0.415. The molecular formula is C17H17ClN2O3. The van der Waals surface area contributed by atoms with E-state index in [4.69, 9.17) is 11.6 Å². The Morgan fingerprint density at radius 2 is 1.78 bits per heavy atom. The summed E-state index contributed by atoms with van der Waals surface area (Å²) in [5.41, 5.74) is 0.873. The standard InChI is InChI=1S/C17H17ClN2O3/c18-14-15(19-8-4-10-20-9-3-7-13(20)21)17(23)12-6-2-1-5-11(12)16(14)22/h1-2,5-6,19H,3-4,7-10H2. The highest BCUT2D eigenvalue weighted by Crippen LogP contribution is 2.27. The van der Waals surface area contributed by atoms with Gasteiger partial charge in [-0.1, -0.05) is 35.9 Å². The summed E-state index contributed by atoms with van der Waals surface area (Å²) in [6.07, 6.45) is 2.23. The molecule has 1 aromatic rings. The smallest absolute Gasteiger partial charge is 0.222 e. The summed E-state index contributed by atoms with van der Waals surface area (Å²) >= 11 is 6.07. The number of hydrogen-bond donors (Lipinski definition) is 1. The van der Waals surface area contributed by atoms with Crippen molar-refractivity contribution in [3.63, 3.8) is 0 Å². The van der Waals surface area contributed by atoms with Crippen molar-refractivity contribution in [2.24, 2.45) is 0 Å². The molecule has 0 radical (unpaired) electrons. The molecule has 2 aliphatic rings. The van der Waals surface area contributed by atoms with Crippen LogP contribution in [0.4, 0.5) is 0 Å². The predicted octanol–water partition coefficient (Wildman–Crippen LogP) is 2.12. The number of allylic oxidation sites excluding steroid dienone is 2. The summed E-state index contributed by atoms with van der Waals surface area (Å²) in [6, 6.07) is 6.66. The molecule has 1 aromatic carbocycles. The molecule has 0 saturated carbocycles. The van der Waals surface area contributed by atoms with E-state index in [1.165, 1.54) is 0 Å². The third-order valence-corrected chi connectivity index (χ3v) is 4.50. The molecule has 23 heavy (non-hydrogen) atoms. The lowest BCUT2D eigenvalue weighted by Crippen LogP contribution is -2.32. The Hall–Kier alpha value is -2.14. The molecule has 1 saturated heterocycles. The summed E-state index contributed by atoms with van der Waals surface area (Å²) in [7, 11) is 0. The SMILES string of the molecule is O=C1C(Cl)=C(NCCCN2CCCC2=O)C(=O)c2ccccc21. The third-order valence-electron chi connectivity index (χ3n) is 4.14. The Bertz CT molecular complexity index is 712. The van der Waals surface area contributed by atoms with E-state index in [1.54, 1.807) is 24.3 Å². The van der Waals surface area contributed by atoms with Crippen LogP contribution >= 0.6 is 11.6 Å². The molecule has 1 N–H and O–H groups in total. The number of nitrogens with one attached hydrogen (secondary N) is 1. The zero-order chi connectivity index (χ0) is 16.4. The largest absolute Gasteiger partial charge is 0.380 e. The van der Waals surface area contributed by atoms with E-state index < -0.39 is 0 Å². The number of amides is 1. The van der Waals surface area contributed by atoms with Crippen molar-refractivity contribution in [3.8, 4) is 0 Å². The first-order valence-corrected chi connectivity index (χ1v) is 8.07. The number of Topliss-reactive ketones (excluding diaryl/α,β-unsaturated/α-hetero) is 2. The monoisotopic (exact) mass is 332 g/mol. The van der Waals surface area contributed by atoms with Gasteiger partial charge in [-0.15, -0.1) is 0 Å². The van der Waals surface area contributed by atoms with Crippen molar-refractivity contribution in [2.45, 2.75) is 19.3 Å². The van der Waals surface area contributed by atoms with Gasteiger partial charge in [-0.05, 0) is 12.8 Å². The minimum atomic E-state index is -0.334. The highest BCUT2D eigenvalue weighted by molar-refractivity contribution is 6.49. The highest BCUT2D eigenvalue weighted by Gasteiger charge is 2.30. The molecule has 1 amide bonds. The van der Waals surface area contributed by atoms with Gasteiger partial charge in [-0.3, -0.25) is 14.4 Å². The molecule has 0 aromatic heterocycles. The van der Waals surface area contributed by atoms with E-state index in [2.05, 4.69) is 5.32 Å². The third kappa shape index (κ3) is 3.01. The number of ketones is 2. The maximum atomic E-state index is 12.5. The minimum absolute atomic E-state index is 0.0639. The van der Waals surface area contributed by atoms with Gasteiger partial charge in [0.15, 0.2) is 0 Å². The van der Waals surface area contributed by atoms with Crippen molar-refractivity contribution in [1.82, 2.24) is 10.2 Å². The summed E-state index contributed by atoms with van der Waals surface area (Å²) in [5, 5.41) is 2.91. The summed E-state index contributed by atoms with van der Waals surface area (Å²) < 4.78 is 0. The zero-order valence-electron chi connectivity index (χ0n) is 12.6. The number of benzene rings is 1. The van der Waals surface area contributed by atoms with Gasteiger partial charge >= 0.3 is 0 Å². The topological polar surface area (TPSA) is 66.5 Å². The lowest BCUT2D eigenvalue weighted by atomic mass is 9.92. The number of rotatable bonds is 5. The van der Waals surface area contributed by atoms with Crippen LogP contribution in [0.25, 0.3) is 0 Å².